The Balaban J connectivity index is 2.18. The Morgan fingerprint density at radius 2 is 2.14 bits per heavy atom. The number of nitrogens with zero attached hydrogens (tertiary/aromatic N) is 2. The van der Waals surface area contributed by atoms with Gasteiger partial charge in [0.05, 0.1) is 11.8 Å². The first-order valence-corrected chi connectivity index (χ1v) is 6.50. The van der Waals surface area contributed by atoms with E-state index in [1.54, 1.807) is 12.1 Å². The maximum absolute atomic E-state index is 12.1. The Bertz CT molecular complexity index is 670. The predicted molar refractivity (Wildman–Crippen MR) is 75.5 cm³/mol. The van der Waals surface area contributed by atoms with Crippen LogP contribution >= 0.6 is 11.3 Å². The first-order valence-electron chi connectivity index (χ1n) is 5.68. The molecule has 0 fully saturated rings. The molecule has 8 nitrogen and oxygen atoms in total. The standard InChI is InChI=1S/C12H10N3O5S/c1-7(16)20-9-5-3-2-4-8(9)11(17)14-12-13-6-10(21-12)15(18)19/h2-6,18H,1H3,(H,13,14,17)/q-1. The molecule has 0 saturated heterocycles. The Kier molecular flexibility index (Phi) is 4.48. The van der Waals surface area contributed by atoms with Crippen LogP contribution in [0.15, 0.2) is 30.5 Å². The Morgan fingerprint density at radius 1 is 1.43 bits per heavy atom. The molecule has 110 valence electrons. The van der Waals surface area contributed by atoms with Gasteiger partial charge in [-0.15, -0.1) is 0 Å². The van der Waals surface area contributed by atoms with Gasteiger partial charge in [-0.3, -0.25) is 20.1 Å². The third kappa shape index (κ3) is 3.75. The van der Waals surface area contributed by atoms with Gasteiger partial charge >= 0.3 is 5.97 Å². The summed E-state index contributed by atoms with van der Waals surface area (Å²) < 4.78 is 4.93. The third-order valence-corrected chi connectivity index (χ3v) is 3.16. The summed E-state index contributed by atoms with van der Waals surface area (Å²) in [7, 11) is 0. The van der Waals surface area contributed by atoms with Crippen LogP contribution in [0, 0.1) is 5.21 Å². The van der Waals surface area contributed by atoms with E-state index in [1.807, 2.05) is 0 Å². The molecule has 1 aromatic heterocycles. The molecule has 0 unspecified atom stereocenters. The normalized spacial score (nSPS) is 10.0. The van der Waals surface area contributed by atoms with E-state index >= 15 is 0 Å². The van der Waals surface area contributed by atoms with E-state index in [2.05, 4.69) is 10.3 Å². The SMILES string of the molecule is CC(=O)Oc1ccccc1C(=O)Nc1ncc(N([O-])O)s1. The van der Waals surface area contributed by atoms with Crippen molar-refractivity contribution in [2.24, 2.45) is 0 Å². The number of hydrogen-bond donors (Lipinski definition) is 2. The highest BCUT2D eigenvalue weighted by Crippen LogP contribution is 2.27. The van der Waals surface area contributed by atoms with Gasteiger partial charge in [-0.25, -0.2) is 4.98 Å². The molecule has 0 aliphatic rings. The minimum absolute atomic E-state index is 0.0708. The van der Waals surface area contributed by atoms with Gasteiger partial charge in [0.2, 0.25) is 0 Å². The summed E-state index contributed by atoms with van der Waals surface area (Å²) in [5.41, 5.74) is 0.146. The number of hydrogen-bond acceptors (Lipinski definition) is 8. The Hall–Kier alpha value is -2.49. The highest BCUT2D eigenvalue weighted by Gasteiger charge is 2.15. The zero-order valence-corrected chi connectivity index (χ0v) is 11.6. The molecule has 0 aliphatic heterocycles. The van der Waals surface area contributed by atoms with Crippen LogP contribution in [0.3, 0.4) is 0 Å². The number of anilines is 2. The topological polar surface area (TPSA) is 115 Å². The maximum Gasteiger partial charge on any atom is 0.308 e. The molecule has 2 rings (SSSR count). The average Bonchev–Trinajstić information content (AvgIpc) is 2.87. The van der Waals surface area contributed by atoms with Crippen molar-refractivity contribution in [1.82, 2.24) is 4.98 Å². The van der Waals surface area contributed by atoms with Crippen LogP contribution in [0.1, 0.15) is 17.3 Å². The number of para-hydroxylation sites is 1. The molecule has 0 saturated carbocycles. The lowest BCUT2D eigenvalue weighted by Crippen LogP contribution is -2.14. The van der Waals surface area contributed by atoms with Gasteiger partial charge in [-0.05, 0) is 12.1 Å². The summed E-state index contributed by atoms with van der Waals surface area (Å²) in [5.74, 6) is -0.982. The predicted octanol–water partition coefficient (Wildman–Crippen LogP) is 2.01. The van der Waals surface area contributed by atoms with Crippen molar-refractivity contribution < 1.29 is 19.5 Å². The monoisotopic (exact) mass is 308 g/mol. The van der Waals surface area contributed by atoms with Gasteiger partial charge in [-0.2, -0.15) is 0 Å². The summed E-state index contributed by atoms with van der Waals surface area (Å²) in [5, 5.41) is 21.5. The van der Waals surface area contributed by atoms with E-state index < -0.39 is 11.9 Å². The highest BCUT2D eigenvalue weighted by atomic mass is 32.1. The number of carbonyl (C=O) groups is 2. The molecule has 2 N–H and O–H groups in total. The van der Waals surface area contributed by atoms with Gasteiger partial charge in [0.25, 0.3) is 5.91 Å². The fraction of sp³-hybridized carbons (Fsp3) is 0.0833. The van der Waals surface area contributed by atoms with Crippen molar-refractivity contribution in [1.29, 1.82) is 0 Å². The summed E-state index contributed by atoms with van der Waals surface area (Å²) in [6.45, 7) is 1.23. The second-order valence-corrected chi connectivity index (χ2v) is 4.83. The minimum atomic E-state index is -0.553. The zero-order chi connectivity index (χ0) is 15.4. The minimum Gasteiger partial charge on any atom is -0.733 e. The number of carbonyl (C=O) groups excluding carboxylic acids is 2. The van der Waals surface area contributed by atoms with Crippen LogP contribution in [-0.2, 0) is 4.79 Å². The number of aromatic nitrogens is 1. The molecule has 1 heterocycles. The van der Waals surface area contributed by atoms with E-state index in [0.717, 1.165) is 17.5 Å². The highest BCUT2D eigenvalue weighted by molar-refractivity contribution is 7.19. The van der Waals surface area contributed by atoms with E-state index in [1.165, 1.54) is 19.1 Å². The molecular weight excluding hydrogens is 298 g/mol. The molecule has 0 atom stereocenters. The lowest BCUT2D eigenvalue weighted by Gasteiger charge is -2.17. The van der Waals surface area contributed by atoms with Crippen LogP contribution in [0.2, 0.25) is 0 Å². The maximum atomic E-state index is 12.1. The first-order chi connectivity index (χ1) is 9.97. The summed E-state index contributed by atoms with van der Waals surface area (Å²) in [6, 6.07) is 6.20. The molecule has 0 aliphatic carbocycles. The molecular formula is C12H10N3O5S-. The second-order valence-electron chi connectivity index (χ2n) is 3.82. The number of esters is 1. The molecule has 1 aromatic carbocycles. The van der Waals surface area contributed by atoms with Gasteiger partial charge in [0, 0.05) is 6.92 Å². The fourth-order valence-electron chi connectivity index (χ4n) is 1.47. The number of ether oxygens (including phenoxy) is 1. The number of thiazole rings is 1. The smallest absolute Gasteiger partial charge is 0.308 e. The zero-order valence-electron chi connectivity index (χ0n) is 10.8. The van der Waals surface area contributed by atoms with Crippen LogP contribution < -0.4 is 15.3 Å². The molecule has 2 aromatic rings. The van der Waals surface area contributed by atoms with Gasteiger partial charge in [0.15, 0.2) is 5.13 Å². The molecule has 21 heavy (non-hydrogen) atoms. The molecule has 0 spiro atoms. The van der Waals surface area contributed by atoms with Crippen molar-refractivity contribution in [2.75, 3.05) is 10.5 Å². The van der Waals surface area contributed by atoms with E-state index in [9.17, 15) is 14.8 Å². The van der Waals surface area contributed by atoms with Gasteiger partial charge < -0.3 is 15.2 Å². The lowest BCUT2D eigenvalue weighted by molar-refractivity contribution is -0.131. The number of nitrogens with one attached hydrogen (secondary N) is 1. The first kappa shape index (κ1) is 14.9. The number of amides is 1. The molecule has 0 radical (unpaired) electrons. The average molecular weight is 308 g/mol. The van der Waals surface area contributed by atoms with Crippen LogP contribution in [0.25, 0.3) is 0 Å². The van der Waals surface area contributed by atoms with Crippen molar-refractivity contribution in [3.8, 4) is 5.75 Å². The van der Waals surface area contributed by atoms with Crippen molar-refractivity contribution in [2.45, 2.75) is 6.92 Å². The third-order valence-electron chi connectivity index (χ3n) is 2.29. The Morgan fingerprint density at radius 3 is 2.76 bits per heavy atom. The molecule has 1 amide bonds. The van der Waals surface area contributed by atoms with Crippen molar-refractivity contribution in [3.05, 3.63) is 41.2 Å². The van der Waals surface area contributed by atoms with E-state index in [4.69, 9.17) is 9.94 Å². The number of benzene rings is 1. The quantitative estimate of drug-likeness (QED) is 0.504. The van der Waals surface area contributed by atoms with Crippen molar-refractivity contribution >= 4 is 33.3 Å². The van der Waals surface area contributed by atoms with Gasteiger partial charge in [0.1, 0.15) is 10.8 Å². The molecule has 0 bridgehead atoms. The van der Waals surface area contributed by atoms with E-state index in [-0.39, 0.29) is 26.7 Å². The van der Waals surface area contributed by atoms with Gasteiger partial charge in [-0.1, -0.05) is 23.5 Å². The number of rotatable bonds is 4. The van der Waals surface area contributed by atoms with E-state index in [0.29, 0.717) is 0 Å². The Labute approximate surface area is 123 Å². The summed E-state index contributed by atoms with van der Waals surface area (Å²) >= 11 is 0.796. The fourth-order valence-corrected chi connectivity index (χ4v) is 2.11. The molecule has 9 heteroatoms. The van der Waals surface area contributed by atoms with Crippen molar-refractivity contribution in [3.63, 3.8) is 0 Å². The largest absolute Gasteiger partial charge is 0.733 e. The van der Waals surface area contributed by atoms with Crippen LogP contribution in [-0.4, -0.2) is 22.1 Å². The van der Waals surface area contributed by atoms with Crippen LogP contribution in [0.4, 0.5) is 10.1 Å². The summed E-state index contributed by atoms with van der Waals surface area (Å²) in [4.78, 5) is 26.9. The lowest BCUT2D eigenvalue weighted by atomic mass is 10.2. The van der Waals surface area contributed by atoms with Crippen LogP contribution in [0.5, 0.6) is 5.75 Å². The second kappa shape index (κ2) is 6.31. The summed E-state index contributed by atoms with van der Waals surface area (Å²) in [6.07, 6.45) is 1.12.